The van der Waals surface area contributed by atoms with Crippen molar-refractivity contribution in [2.24, 2.45) is 5.14 Å². The number of fused-ring (bicyclic) bond motifs is 1. The number of rotatable bonds is 2. The zero-order valence-corrected chi connectivity index (χ0v) is 10.4. The van der Waals surface area contributed by atoms with E-state index in [2.05, 4.69) is 10.2 Å². The molecule has 0 saturated heterocycles. The van der Waals surface area contributed by atoms with Crippen molar-refractivity contribution in [3.05, 3.63) is 30.0 Å². The summed E-state index contributed by atoms with van der Waals surface area (Å²) >= 11 is 0. The third-order valence-corrected chi connectivity index (χ3v) is 3.50. The molecule has 0 unspecified atom stereocenters. The highest BCUT2D eigenvalue weighted by atomic mass is 32.2. The van der Waals surface area contributed by atoms with E-state index in [-0.39, 0.29) is 10.8 Å². The van der Waals surface area contributed by atoms with Crippen molar-refractivity contribution in [2.45, 2.75) is 24.7 Å². The summed E-state index contributed by atoms with van der Waals surface area (Å²) in [5, 5.41) is 13.5. The van der Waals surface area contributed by atoms with Gasteiger partial charge in [0, 0.05) is 5.39 Å². The zero-order valence-electron chi connectivity index (χ0n) is 9.58. The third kappa shape index (κ3) is 2.27. The average molecular weight is 251 g/mol. The predicted molar refractivity (Wildman–Crippen MR) is 65.0 cm³/mol. The van der Waals surface area contributed by atoms with Gasteiger partial charge in [0.25, 0.3) is 0 Å². The Labute approximate surface area is 99.7 Å². The molecule has 2 rings (SSSR count). The standard InChI is InChI=1S/C11H13N3O2S/c1-7(2)9-5-8-3-4-13-14-11(8)10(6-9)17(12,15)16/h3-7H,1-2H3,(H2,12,15,16). The van der Waals surface area contributed by atoms with Crippen molar-refractivity contribution < 1.29 is 8.42 Å². The predicted octanol–water partition coefficient (Wildman–Crippen LogP) is 1.40. The summed E-state index contributed by atoms with van der Waals surface area (Å²) < 4.78 is 23.1. The van der Waals surface area contributed by atoms with Gasteiger partial charge in [-0.3, -0.25) is 0 Å². The molecule has 0 atom stereocenters. The van der Waals surface area contributed by atoms with Crippen LogP contribution in [0, 0.1) is 0 Å². The fourth-order valence-electron chi connectivity index (χ4n) is 1.64. The normalized spacial score (nSPS) is 12.2. The first-order chi connectivity index (χ1) is 7.89. The van der Waals surface area contributed by atoms with Crippen LogP contribution in [0.2, 0.25) is 0 Å². The smallest absolute Gasteiger partial charge is 0.225 e. The van der Waals surface area contributed by atoms with Gasteiger partial charge in [-0.25, -0.2) is 13.6 Å². The molecule has 0 amide bonds. The lowest BCUT2D eigenvalue weighted by Crippen LogP contribution is -2.14. The quantitative estimate of drug-likeness (QED) is 0.874. The Morgan fingerprint density at radius 1 is 1.29 bits per heavy atom. The first-order valence-corrected chi connectivity index (χ1v) is 6.72. The van der Waals surface area contributed by atoms with E-state index in [1.807, 2.05) is 19.9 Å². The van der Waals surface area contributed by atoms with E-state index >= 15 is 0 Å². The minimum absolute atomic E-state index is 0.0341. The van der Waals surface area contributed by atoms with E-state index in [1.54, 1.807) is 12.1 Å². The number of sulfonamides is 1. The summed E-state index contributed by atoms with van der Waals surface area (Å²) in [6, 6.07) is 5.20. The van der Waals surface area contributed by atoms with Crippen LogP contribution in [0.1, 0.15) is 25.3 Å². The highest BCUT2D eigenvalue weighted by Crippen LogP contribution is 2.25. The maximum absolute atomic E-state index is 11.5. The van der Waals surface area contributed by atoms with Crippen molar-refractivity contribution in [2.75, 3.05) is 0 Å². The number of nitrogens with zero attached hydrogens (tertiary/aromatic N) is 2. The molecule has 90 valence electrons. The third-order valence-electron chi connectivity index (χ3n) is 2.58. The van der Waals surface area contributed by atoms with Gasteiger partial charge in [0.1, 0.15) is 10.4 Å². The van der Waals surface area contributed by atoms with Gasteiger partial charge in [0.2, 0.25) is 10.0 Å². The second-order valence-corrected chi connectivity index (χ2v) is 5.72. The monoisotopic (exact) mass is 251 g/mol. The lowest BCUT2D eigenvalue weighted by molar-refractivity contribution is 0.598. The van der Waals surface area contributed by atoms with Crippen LogP contribution in [-0.4, -0.2) is 18.6 Å². The maximum Gasteiger partial charge on any atom is 0.240 e. The average Bonchev–Trinajstić information content (AvgIpc) is 2.26. The van der Waals surface area contributed by atoms with E-state index in [0.29, 0.717) is 5.52 Å². The molecule has 1 aromatic heterocycles. The summed E-state index contributed by atoms with van der Waals surface area (Å²) in [6.45, 7) is 3.98. The Bertz CT molecular complexity index is 665. The molecule has 0 saturated carbocycles. The van der Waals surface area contributed by atoms with Crippen LogP contribution < -0.4 is 5.14 Å². The number of benzene rings is 1. The summed E-state index contributed by atoms with van der Waals surface area (Å²) in [4.78, 5) is 0.0341. The first-order valence-electron chi connectivity index (χ1n) is 5.18. The highest BCUT2D eigenvalue weighted by Gasteiger charge is 2.16. The lowest BCUT2D eigenvalue weighted by atomic mass is 10.0. The molecule has 2 N–H and O–H groups in total. The van der Waals surface area contributed by atoms with Crippen LogP contribution in [0.25, 0.3) is 10.9 Å². The van der Waals surface area contributed by atoms with Gasteiger partial charge in [0.15, 0.2) is 0 Å². The van der Waals surface area contributed by atoms with E-state index in [0.717, 1.165) is 10.9 Å². The fraction of sp³-hybridized carbons (Fsp3) is 0.273. The molecule has 2 aromatic rings. The van der Waals surface area contributed by atoms with Crippen LogP contribution in [0.4, 0.5) is 0 Å². The van der Waals surface area contributed by atoms with E-state index < -0.39 is 10.0 Å². The molecule has 6 heteroatoms. The number of hydrogen-bond donors (Lipinski definition) is 1. The van der Waals surface area contributed by atoms with E-state index in [4.69, 9.17) is 5.14 Å². The SMILES string of the molecule is CC(C)c1cc(S(N)(=O)=O)c2nnccc2c1. The second-order valence-electron chi connectivity index (χ2n) is 4.19. The van der Waals surface area contributed by atoms with Crippen LogP contribution in [-0.2, 0) is 10.0 Å². The van der Waals surface area contributed by atoms with Gasteiger partial charge in [-0.1, -0.05) is 13.8 Å². The Morgan fingerprint density at radius 2 is 2.00 bits per heavy atom. The molecule has 0 spiro atoms. The minimum Gasteiger partial charge on any atom is -0.225 e. The molecule has 0 bridgehead atoms. The number of nitrogens with two attached hydrogens (primary N) is 1. The fourth-order valence-corrected chi connectivity index (χ4v) is 2.37. The van der Waals surface area contributed by atoms with Crippen molar-refractivity contribution in [3.63, 3.8) is 0 Å². The van der Waals surface area contributed by atoms with Gasteiger partial charge in [-0.15, -0.1) is 5.10 Å². The lowest BCUT2D eigenvalue weighted by Gasteiger charge is -2.09. The Kier molecular flexibility index (Phi) is 2.84. The summed E-state index contributed by atoms with van der Waals surface area (Å²) in [7, 11) is -3.79. The van der Waals surface area contributed by atoms with Gasteiger partial charge < -0.3 is 0 Å². The topological polar surface area (TPSA) is 85.9 Å². The van der Waals surface area contributed by atoms with Gasteiger partial charge in [-0.05, 0) is 29.7 Å². The molecule has 0 aliphatic heterocycles. The zero-order chi connectivity index (χ0) is 12.6. The Morgan fingerprint density at radius 3 is 2.59 bits per heavy atom. The molecule has 0 aliphatic carbocycles. The molecule has 17 heavy (non-hydrogen) atoms. The first kappa shape index (κ1) is 11.9. The van der Waals surface area contributed by atoms with Crippen molar-refractivity contribution in [1.29, 1.82) is 0 Å². The minimum atomic E-state index is -3.79. The van der Waals surface area contributed by atoms with Crippen molar-refractivity contribution in [1.82, 2.24) is 10.2 Å². The van der Waals surface area contributed by atoms with Gasteiger partial charge in [0.05, 0.1) is 6.20 Å². The summed E-state index contributed by atoms with van der Waals surface area (Å²) in [5.41, 5.74) is 1.23. The molecule has 0 fully saturated rings. The number of hydrogen-bond acceptors (Lipinski definition) is 4. The molecule has 1 aromatic carbocycles. The second kappa shape index (κ2) is 4.05. The summed E-state index contributed by atoms with van der Waals surface area (Å²) in [6.07, 6.45) is 1.53. The molecule has 5 nitrogen and oxygen atoms in total. The molecule has 0 radical (unpaired) electrons. The Hall–Kier alpha value is -1.53. The number of primary sulfonamides is 1. The maximum atomic E-state index is 11.5. The molecular formula is C11H13N3O2S. The van der Waals surface area contributed by atoms with Crippen LogP contribution in [0.3, 0.4) is 0 Å². The van der Waals surface area contributed by atoms with Crippen molar-refractivity contribution in [3.8, 4) is 0 Å². The molecule has 0 aliphatic rings. The van der Waals surface area contributed by atoms with Crippen molar-refractivity contribution >= 4 is 20.9 Å². The van der Waals surface area contributed by atoms with Gasteiger partial charge in [-0.2, -0.15) is 5.10 Å². The van der Waals surface area contributed by atoms with E-state index in [1.165, 1.54) is 6.20 Å². The summed E-state index contributed by atoms with van der Waals surface area (Å²) in [5.74, 6) is 0.216. The molecular weight excluding hydrogens is 238 g/mol. The van der Waals surface area contributed by atoms with Crippen LogP contribution >= 0.6 is 0 Å². The van der Waals surface area contributed by atoms with Gasteiger partial charge >= 0.3 is 0 Å². The number of aromatic nitrogens is 2. The van der Waals surface area contributed by atoms with E-state index in [9.17, 15) is 8.42 Å². The largest absolute Gasteiger partial charge is 0.240 e. The Balaban J connectivity index is 2.88. The molecule has 1 heterocycles. The highest BCUT2D eigenvalue weighted by molar-refractivity contribution is 7.89. The van der Waals surface area contributed by atoms with Crippen LogP contribution in [0.15, 0.2) is 29.3 Å². The van der Waals surface area contributed by atoms with Crippen LogP contribution in [0.5, 0.6) is 0 Å².